The molecule has 0 heterocycles. The van der Waals surface area contributed by atoms with Gasteiger partial charge in [-0.1, -0.05) is 30.3 Å². The Hall–Kier alpha value is -1.38. The van der Waals surface area contributed by atoms with Gasteiger partial charge >= 0.3 is 5.97 Å². The average Bonchev–Trinajstić information content (AvgIpc) is 2.80. The molecule has 0 aliphatic heterocycles. The SMILES string of the molecule is O=C(O)[C@]1(c2ccccc2)C[C@H]1F. The second-order valence-electron chi connectivity index (χ2n) is 3.31. The van der Waals surface area contributed by atoms with Crippen LogP contribution in [0.4, 0.5) is 4.39 Å². The molecule has 3 heteroatoms. The molecule has 1 aliphatic rings. The first-order valence-electron chi connectivity index (χ1n) is 4.11. The predicted octanol–water partition coefficient (Wildman–Crippen LogP) is 1.75. The van der Waals surface area contributed by atoms with Gasteiger partial charge in [0.2, 0.25) is 0 Å². The summed E-state index contributed by atoms with van der Waals surface area (Å²) in [6, 6.07) is 8.56. The predicted molar refractivity (Wildman–Crippen MR) is 45.3 cm³/mol. The van der Waals surface area contributed by atoms with Crippen LogP contribution in [-0.2, 0) is 10.2 Å². The Morgan fingerprint density at radius 2 is 2.00 bits per heavy atom. The lowest BCUT2D eigenvalue weighted by Gasteiger charge is -2.08. The van der Waals surface area contributed by atoms with Gasteiger partial charge in [-0.3, -0.25) is 4.79 Å². The second kappa shape index (κ2) is 2.55. The summed E-state index contributed by atoms with van der Waals surface area (Å²) in [4.78, 5) is 10.9. The third kappa shape index (κ3) is 1.03. The van der Waals surface area contributed by atoms with Gasteiger partial charge in [0.1, 0.15) is 11.6 Å². The van der Waals surface area contributed by atoms with Crippen LogP contribution in [0.3, 0.4) is 0 Å². The van der Waals surface area contributed by atoms with Crippen LogP contribution in [0.1, 0.15) is 12.0 Å². The molecular weight excluding hydrogens is 171 g/mol. The van der Waals surface area contributed by atoms with Crippen molar-refractivity contribution in [1.29, 1.82) is 0 Å². The number of carboxylic acids is 1. The topological polar surface area (TPSA) is 37.3 Å². The van der Waals surface area contributed by atoms with Gasteiger partial charge in [0.15, 0.2) is 0 Å². The number of rotatable bonds is 2. The van der Waals surface area contributed by atoms with Gasteiger partial charge in [-0.05, 0) is 5.56 Å². The zero-order valence-electron chi connectivity index (χ0n) is 6.90. The number of hydrogen-bond acceptors (Lipinski definition) is 1. The third-order valence-electron chi connectivity index (χ3n) is 2.55. The van der Waals surface area contributed by atoms with E-state index >= 15 is 0 Å². The molecule has 2 nitrogen and oxygen atoms in total. The largest absolute Gasteiger partial charge is 0.480 e. The summed E-state index contributed by atoms with van der Waals surface area (Å²) in [5.74, 6) is -1.06. The molecule has 68 valence electrons. The van der Waals surface area contributed by atoms with Gasteiger partial charge in [0.25, 0.3) is 0 Å². The minimum atomic E-state index is -1.25. The highest BCUT2D eigenvalue weighted by Gasteiger charge is 2.62. The molecule has 2 rings (SSSR count). The van der Waals surface area contributed by atoms with Crippen molar-refractivity contribution >= 4 is 5.97 Å². The highest BCUT2D eigenvalue weighted by atomic mass is 19.1. The summed E-state index contributed by atoms with van der Waals surface area (Å²) >= 11 is 0. The zero-order valence-corrected chi connectivity index (χ0v) is 6.90. The normalized spacial score (nSPS) is 31.3. The monoisotopic (exact) mass is 180 g/mol. The maximum atomic E-state index is 13.0. The molecule has 1 aromatic rings. The second-order valence-corrected chi connectivity index (χ2v) is 3.31. The summed E-state index contributed by atoms with van der Waals surface area (Å²) < 4.78 is 13.0. The molecule has 1 N–H and O–H groups in total. The third-order valence-corrected chi connectivity index (χ3v) is 2.55. The van der Waals surface area contributed by atoms with Crippen LogP contribution in [0, 0.1) is 0 Å². The lowest BCUT2D eigenvalue weighted by molar-refractivity contribution is -0.140. The van der Waals surface area contributed by atoms with E-state index in [0.717, 1.165) is 0 Å². The minimum absolute atomic E-state index is 0.104. The quantitative estimate of drug-likeness (QED) is 0.752. The molecule has 2 atom stereocenters. The Bertz CT molecular complexity index is 336. The first-order valence-corrected chi connectivity index (χ1v) is 4.11. The van der Waals surface area contributed by atoms with Crippen molar-refractivity contribution in [3.63, 3.8) is 0 Å². The Morgan fingerprint density at radius 1 is 1.46 bits per heavy atom. The molecule has 1 fully saturated rings. The molecule has 1 saturated carbocycles. The lowest BCUT2D eigenvalue weighted by atomic mass is 9.96. The smallest absolute Gasteiger partial charge is 0.317 e. The number of halogens is 1. The summed E-state index contributed by atoms with van der Waals surface area (Å²) in [5.41, 5.74) is -0.684. The van der Waals surface area contributed by atoms with Crippen molar-refractivity contribution in [2.75, 3.05) is 0 Å². The number of carbonyl (C=O) groups is 1. The fourth-order valence-electron chi connectivity index (χ4n) is 1.60. The van der Waals surface area contributed by atoms with E-state index in [9.17, 15) is 9.18 Å². The molecule has 1 aliphatic carbocycles. The van der Waals surface area contributed by atoms with Gasteiger partial charge < -0.3 is 5.11 Å². The molecule has 0 radical (unpaired) electrons. The summed E-state index contributed by atoms with van der Waals surface area (Å²) in [6.45, 7) is 0. The van der Waals surface area contributed by atoms with Crippen molar-refractivity contribution in [2.24, 2.45) is 0 Å². The molecule has 0 aromatic heterocycles. The summed E-state index contributed by atoms with van der Waals surface area (Å²) in [7, 11) is 0. The number of alkyl halides is 1. The number of carboxylic acid groups (broad SMARTS) is 1. The van der Waals surface area contributed by atoms with Gasteiger partial charge in [0.05, 0.1) is 0 Å². The molecule has 13 heavy (non-hydrogen) atoms. The maximum absolute atomic E-state index is 13.0. The van der Waals surface area contributed by atoms with E-state index in [1.165, 1.54) is 0 Å². The highest BCUT2D eigenvalue weighted by Crippen LogP contribution is 2.50. The van der Waals surface area contributed by atoms with Crippen molar-refractivity contribution in [1.82, 2.24) is 0 Å². The van der Waals surface area contributed by atoms with Crippen LogP contribution in [0.15, 0.2) is 30.3 Å². The Kier molecular flexibility index (Phi) is 1.62. The van der Waals surface area contributed by atoms with E-state index in [0.29, 0.717) is 5.56 Å². The first-order chi connectivity index (χ1) is 6.18. The van der Waals surface area contributed by atoms with E-state index in [4.69, 9.17) is 5.11 Å². The molecular formula is C10H9FO2. The zero-order chi connectivity index (χ0) is 9.47. The number of aliphatic carboxylic acids is 1. The van der Waals surface area contributed by atoms with Crippen LogP contribution in [0.2, 0.25) is 0 Å². The van der Waals surface area contributed by atoms with E-state index in [1.54, 1.807) is 30.3 Å². The fraction of sp³-hybridized carbons (Fsp3) is 0.300. The van der Waals surface area contributed by atoms with Crippen LogP contribution in [-0.4, -0.2) is 17.2 Å². The fourth-order valence-corrected chi connectivity index (χ4v) is 1.60. The highest BCUT2D eigenvalue weighted by molar-refractivity contribution is 5.86. The van der Waals surface area contributed by atoms with Gasteiger partial charge in [0, 0.05) is 6.42 Å². The molecule has 0 amide bonds. The maximum Gasteiger partial charge on any atom is 0.317 e. The Balaban J connectivity index is 2.40. The van der Waals surface area contributed by atoms with E-state index < -0.39 is 17.6 Å². The van der Waals surface area contributed by atoms with Crippen LogP contribution in [0.25, 0.3) is 0 Å². The minimum Gasteiger partial charge on any atom is -0.480 e. The number of benzene rings is 1. The van der Waals surface area contributed by atoms with Crippen molar-refractivity contribution in [3.8, 4) is 0 Å². The van der Waals surface area contributed by atoms with Crippen molar-refractivity contribution in [3.05, 3.63) is 35.9 Å². The summed E-state index contributed by atoms with van der Waals surface area (Å²) in [6.07, 6.45) is -1.13. The summed E-state index contributed by atoms with van der Waals surface area (Å²) in [5, 5.41) is 8.89. The lowest BCUT2D eigenvalue weighted by Crippen LogP contribution is -2.22. The van der Waals surface area contributed by atoms with Crippen LogP contribution >= 0.6 is 0 Å². The Labute approximate surface area is 75.0 Å². The van der Waals surface area contributed by atoms with E-state index in [-0.39, 0.29) is 6.42 Å². The van der Waals surface area contributed by atoms with Gasteiger partial charge in [-0.2, -0.15) is 0 Å². The van der Waals surface area contributed by atoms with Gasteiger partial charge in [-0.25, -0.2) is 4.39 Å². The van der Waals surface area contributed by atoms with Crippen LogP contribution in [0.5, 0.6) is 0 Å². The molecule has 0 saturated heterocycles. The molecule has 1 aromatic carbocycles. The molecule has 0 spiro atoms. The standard InChI is InChI=1S/C10H9FO2/c11-8-6-10(8,9(12)13)7-4-2-1-3-5-7/h1-5,8H,6H2,(H,12,13)/t8-,10+/m1/s1. The van der Waals surface area contributed by atoms with Crippen molar-refractivity contribution < 1.29 is 14.3 Å². The van der Waals surface area contributed by atoms with E-state index in [1.807, 2.05) is 0 Å². The van der Waals surface area contributed by atoms with Gasteiger partial charge in [-0.15, -0.1) is 0 Å². The first kappa shape index (κ1) is 8.23. The number of hydrogen-bond donors (Lipinski definition) is 1. The van der Waals surface area contributed by atoms with E-state index in [2.05, 4.69) is 0 Å². The average molecular weight is 180 g/mol. The van der Waals surface area contributed by atoms with Crippen LogP contribution < -0.4 is 0 Å². The Morgan fingerprint density at radius 3 is 2.38 bits per heavy atom. The molecule has 0 bridgehead atoms. The van der Waals surface area contributed by atoms with Crippen molar-refractivity contribution in [2.45, 2.75) is 18.0 Å². The molecule has 0 unspecified atom stereocenters.